The van der Waals surface area contributed by atoms with Crippen LogP contribution in [0.5, 0.6) is 0 Å². The molecule has 0 aromatic carbocycles. The molecule has 5 heteroatoms. The number of amides is 1. The molecule has 116 valence electrons. The standard InChI is InChI=1S/C16H24N2O3/c1-10(13-5-7-20-8-6-13)18-16(19)15-11(2)17-14(21-15)9-12-3-4-12/h10,12-13H,3-9H2,1-2H3,(H,18,19). The maximum atomic E-state index is 12.4. The summed E-state index contributed by atoms with van der Waals surface area (Å²) in [6.07, 6.45) is 5.38. The molecule has 1 atom stereocenters. The zero-order chi connectivity index (χ0) is 14.8. The first-order valence-electron chi connectivity index (χ1n) is 7.98. The van der Waals surface area contributed by atoms with Crippen molar-refractivity contribution in [1.82, 2.24) is 10.3 Å². The topological polar surface area (TPSA) is 64.4 Å². The minimum atomic E-state index is -0.138. The van der Waals surface area contributed by atoms with Crippen LogP contribution in [0.2, 0.25) is 0 Å². The first-order valence-corrected chi connectivity index (χ1v) is 7.98. The molecule has 1 unspecified atom stereocenters. The molecule has 2 heterocycles. The van der Waals surface area contributed by atoms with Crippen LogP contribution < -0.4 is 5.32 Å². The smallest absolute Gasteiger partial charge is 0.289 e. The fourth-order valence-corrected chi connectivity index (χ4v) is 2.93. The first kappa shape index (κ1) is 14.6. The van der Waals surface area contributed by atoms with Crippen LogP contribution in [0.15, 0.2) is 4.42 Å². The maximum absolute atomic E-state index is 12.4. The zero-order valence-electron chi connectivity index (χ0n) is 12.9. The number of hydrogen-bond donors (Lipinski definition) is 1. The van der Waals surface area contributed by atoms with Crippen LogP contribution >= 0.6 is 0 Å². The molecule has 3 rings (SSSR count). The molecule has 1 saturated heterocycles. The highest BCUT2D eigenvalue weighted by atomic mass is 16.5. The average molecular weight is 292 g/mol. The minimum Gasteiger partial charge on any atom is -0.435 e. The van der Waals surface area contributed by atoms with E-state index < -0.39 is 0 Å². The largest absolute Gasteiger partial charge is 0.435 e. The molecule has 1 aliphatic heterocycles. The van der Waals surface area contributed by atoms with Gasteiger partial charge >= 0.3 is 0 Å². The van der Waals surface area contributed by atoms with Crippen molar-refractivity contribution < 1.29 is 13.9 Å². The van der Waals surface area contributed by atoms with Gasteiger partial charge in [0.15, 0.2) is 5.89 Å². The van der Waals surface area contributed by atoms with E-state index in [9.17, 15) is 4.79 Å². The van der Waals surface area contributed by atoms with E-state index in [1.165, 1.54) is 12.8 Å². The van der Waals surface area contributed by atoms with Gasteiger partial charge in [-0.1, -0.05) is 0 Å². The summed E-state index contributed by atoms with van der Waals surface area (Å²) >= 11 is 0. The summed E-state index contributed by atoms with van der Waals surface area (Å²) in [7, 11) is 0. The molecule has 1 aromatic heterocycles. The summed E-state index contributed by atoms with van der Waals surface area (Å²) in [6, 6.07) is 0.137. The molecule has 1 amide bonds. The van der Waals surface area contributed by atoms with Crippen molar-refractivity contribution in [3.8, 4) is 0 Å². The van der Waals surface area contributed by atoms with Gasteiger partial charge in [-0.3, -0.25) is 4.79 Å². The Morgan fingerprint density at radius 3 is 2.71 bits per heavy atom. The van der Waals surface area contributed by atoms with Gasteiger partial charge in [-0.2, -0.15) is 0 Å². The molecule has 2 aliphatic rings. The predicted octanol–water partition coefficient (Wildman–Crippen LogP) is 2.48. The summed E-state index contributed by atoms with van der Waals surface area (Å²) in [5.41, 5.74) is 0.697. The Hall–Kier alpha value is -1.36. The third-order valence-corrected chi connectivity index (χ3v) is 4.54. The lowest BCUT2D eigenvalue weighted by Crippen LogP contribution is -2.40. The molecule has 0 spiro atoms. The van der Waals surface area contributed by atoms with E-state index in [1.54, 1.807) is 0 Å². The Kier molecular flexibility index (Phi) is 4.29. The number of rotatable bonds is 5. The average Bonchev–Trinajstić information content (AvgIpc) is 3.21. The van der Waals surface area contributed by atoms with Gasteiger partial charge in [-0.25, -0.2) is 4.98 Å². The number of aryl methyl sites for hydroxylation is 1. The Balaban J connectivity index is 1.59. The lowest BCUT2D eigenvalue weighted by atomic mass is 9.93. The minimum absolute atomic E-state index is 0.137. The zero-order valence-corrected chi connectivity index (χ0v) is 12.9. The number of oxazole rings is 1. The van der Waals surface area contributed by atoms with Crippen molar-refractivity contribution >= 4 is 5.91 Å². The summed E-state index contributed by atoms with van der Waals surface area (Å²) in [5.74, 6) is 2.14. The van der Waals surface area contributed by atoms with Crippen LogP contribution in [0.25, 0.3) is 0 Å². The molecule has 0 radical (unpaired) electrons. The fourth-order valence-electron chi connectivity index (χ4n) is 2.93. The van der Waals surface area contributed by atoms with Crippen molar-refractivity contribution in [3.63, 3.8) is 0 Å². The van der Waals surface area contributed by atoms with E-state index in [0.717, 1.165) is 32.5 Å². The maximum Gasteiger partial charge on any atom is 0.289 e. The van der Waals surface area contributed by atoms with Crippen LogP contribution in [0.3, 0.4) is 0 Å². The summed E-state index contributed by atoms with van der Waals surface area (Å²) < 4.78 is 11.0. The second-order valence-electron chi connectivity index (χ2n) is 6.38. The number of ether oxygens (including phenoxy) is 1. The van der Waals surface area contributed by atoms with Crippen molar-refractivity contribution in [3.05, 3.63) is 17.3 Å². The lowest BCUT2D eigenvalue weighted by molar-refractivity contribution is 0.0533. The highest BCUT2D eigenvalue weighted by Crippen LogP contribution is 2.32. The summed E-state index contributed by atoms with van der Waals surface area (Å²) in [5, 5.41) is 3.06. The van der Waals surface area contributed by atoms with Gasteiger partial charge in [0, 0.05) is 25.7 Å². The van der Waals surface area contributed by atoms with Gasteiger partial charge in [0.25, 0.3) is 5.91 Å². The molecular formula is C16H24N2O3. The van der Waals surface area contributed by atoms with Crippen LogP contribution in [-0.2, 0) is 11.2 Å². The number of carbonyl (C=O) groups excluding carboxylic acids is 1. The Bertz CT molecular complexity index is 502. The van der Waals surface area contributed by atoms with Crippen molar-refractivity contribution in [1.29, 1.82) is 0 Å². The quantitative estimate of drug-likeness (QED) is 0.905. The van der Waals surface area contributed by atoms with E-state index in [-0.39, 0.29) is 11.9 Å². The number of nitrogens with one attached hydrogen (secondary N) is 1. The number of nitrogens with zero attached hydrogens (tertiary/aromatic N) is 1. The monoisotopic (exact) mass is 292 g/mol. The molecule has 2 fully saturated rings. The summed E-state index contributed by atoms with van der Waals surface area (Å²) in [4.78, 5) is 16.7. The van der Waals surface area contributed by atoms with E-state index in [1.807, 2.05) is 6.92 Å². The SMILES string of the molecule is Cc1nc(CC2CC2)oc1C(=O)NC(C)C1CCOCC1. The highest BCUT2D eigenvalue weighted by molar-refractivity contribution is 5.92. The summed E-state index contributed by atoms with van der Waals surface area (Å²) in [6.45, 7) is 5.48. The van der Waals surface area contributed by atoms with Crippen molar-refractivity contribution in [2.45, 2.75) is 52.0 Å². The normalized spacial score (nSPS) is 21.2. The Morgan fingerprint density at radius 2 is 2.05 bits per heavy atom. The predicted molar refractivity (Wildman–Crippen MR) is 78.1 cm³/mol. The molecule has 1 saturated carbocycles. The van der Waals surface area contributed by atoms with Gasteiger partial charge in [-0.05, 0) is 51.4 Å². The Morgan fingerprint density at radius 1 is 1.33 bits per heavy atom. The Labute approximate surface area is 125 Å². The van der Waals surface area contributed by atoms with E-state index >= 15 is 0 Å². The molecule has 5 nitrogen and oxygen atoms in total. The number of aromatic nitrogens is 1. The molecule has 1 aliphatic carbocycles. The van der Waals surface area contributed by atoms with Crippen molar-refractivity contribution in [2.75, 3.05) is 13.2 Å². The lowest BCUT2D eigenvalue weighted by Gasteiger charge is -2.28. The molecule has 1 aromatic rings. The second kappa shape index (κ2) is 6.18. The van der Waals surface area contributed by atoms with E-state index in [2.05, 4.69) is 17.2 Å². The van der Waals surface area contributed by atoms with Gasteiger partial charge in [0.1, 0.15) is 0 Å². The van der Waals surface area contributed by atoms with Gasteiger partial charge in [-0.15, -0.1) is 0 Å². The second-order valence-corrected chi connectivity index (χ2v) is 6.38. The highest BCUT2D eigenvalue weighted by Gasteiger charge is 2.27. The number of hydrogen-bond acceptors (Lipinski definition) is 4. The molecule has 1 N–H and O–H groups in total. The third kappa shape index (κ3) is 3.64. The van der Waals surface area contributed by atoms with Gasteiger partial charge in [0.2, 0.25) is 5.76 Å². The van der Waals surface area contributed by atoms with Crippen LogP contribution in [-0.4, -0.2) is 30.1 Å². The molecule has 21 heavy (non-hydrogen) atoms. The fraction of sp³-hybridized carbons (Fsp3) is 0.750. The van der Waals surface area contributed by atoms with Crippen LogP contribution in [0, 0.1) is 18.8 Å². The van der Waals surface area contributed by atoms with Gasteiger partial charge in [0.05, 0.1) is 5.69 Å². The van der Waals surface area contributed by atoms with Crippen molar-refractivity contribution in [2.24, 2.45) is 11.8 Å². The van der Waals surface area contributed by atoms with E-state index in [4.69, 9.17) is 9.15 Å². The van der Waals surface area contributed by atoms with E-state index in [0.29, 0.717) is 29.2 Å². The van der Waals surface area contributed by atoms with Crippen LogP contribution in [0.1, 0.15) is 54.7 Å². The number of carbonyl (C=O) groups is 1. The van der Waals surface area contributed by atoms with Crippen LogP contribution in [0.4, 0.5) is 0 Å². The molecular weight excluding hydrogens is 268 g/mol. The third-order valence-electron chi connectivity index (χ3n) is 4.54. The van der Waals surface area contributed by atoms with Gasteiger partial charge < -0.3 is 14.5 Å². The molecule has 0 bridgehead atoms. The first-order chi connectivity index (χ1) is 10.1.